The third kappa shape index (κ3) is 4.91. The van der Waals surface area contributed by atoms with Crippen LogP contribution in [-0.4, -0.2) is 42.9 Å². The van der Waals surface area contributed by atoms with Crippen LogP contribution in [0.1, 0.15) is 28.7 Å². The molecule has 2 aromatic carbocycles. The van der Waals surface area contributed by atoms with Gasteiger partial charge in [0.25, 0.3) is 0 Å². The molecule has 0 aromatic heterocycles. The standard InChI is InChI=1S/C23H29N3O2/c1-17-6-4-8-20(14-17)16-24-22(27)15-23(28)26-12-10-25(11-13-26)21-9-5-7-18(2)19(21)3/h4-9,14H,10-13,15-16H2,1-3H3,(H,24,27). The van der Waals surface area contributed by atoms with Crippen molar-refractivity contribution in [2.45, 2.75) is 33.7 Å². The van der Waals surface area contributed by atoms with Gasteiger partial charge in [0.05, 0.1) is 0 Å². The summed E-state index contributed by atoms with van der Waals surface area (Å²) in [5.41, 5.74) is 6.01. The average molecular weight is 380 g/mol. The van der Waals surface area contributed by atoms with Crippen molar-refractivity contribution in [1.82, 2.24) is 10.2 Å². The van der Waals surface area contributed by atoms with Crippen molar-refractivity contribution in [3.63, 3.8) is 0 Å². The lowest BCUT2D eigenvalue weighted by Gasteiger charge is -2.37. The number of anilines is 1. The van der Waals surface area contributed by atoms with E-state index in [4.69, 9.17) is 0 Å². The van der Waals surface area contributed by atoms with Crippen molar-refractivity contribution in [2.75, 3.05) is 31.1 Å². The largest absolute Gasteiger partial charge is 0.368 e. The minimum Gasteiger partial charge on any atom is -0.368 e. The molecule has 0 unspecified atom stereocenters. The lowest BCUT2D eigenvalue weighted by molar-refractivity contribution is -0.136. The molecule has 3 rings (SSSR count). The Balaban J connectivity index is 1.47. The zero-order valence-corrected chi connectivity index (χ0v) is 17.0. The van der Waals surface area contributed by atoms with Gasteiger partial charge < -0.3 is 15.1 Å². The van der Waals surface area contributed by atoms with Crippen LogP contribution < -0.4 is 10.2 Å². The Hall–Kier alpha value is -2.82. The summed E-state index contributed by atoms with van der Waals surface area (Å²) in [5, 5.41) is 2.85. The fraction of sp³-hybridized carbons (Fsp3) is 0.391. The molecule has 2 amide bonds. The number of nitrogens with one attached hydrogen (secondary N) is 1. The Morgan fingerprint density at radius 3 is 2.39 bits per heavy atom. The van der Waals surface area contributed by atoms with Crippen LogP contribution in [0.4, 0.5) is 5.69 Å². The summed E-state index contributed by atoms with van der Waals surface area (Å²) in [7, 11) is 0. The van der Waals surface area contributed by atoms with Crippen LogP contribution in [0.25, 0.3) is 0 Å². The van der Waals surface area contributed by atoms with Crippen LogP contribution in [0.3, 0.4) is 0 Å². The smallest absolute Gasteiger partial charge is 0.232 e. The Kier molecular flexibility index (Phi) is 6.34. The molecule has 1 aliphatic rings. The number of amides is 2. The Bertz CT molecular complexity index is 855. The summed E-state index contributed by atoms with van der Waals surface area (Å²) in [4.78, 5) is 28.8. The van der Waals surface area contributed by atoms with Crippen molar-refractivity contribution in [2.24, 2.45) is 0 Å². The number of rotatable bonds is 5. The molecular weight excluding hydrogens is 350 g/mol. The summed E-state index contributed by atoms with van der Waals surface area (Å²) in [6, 6.07) is 14.3. The first-order valence-electron chi connectivity index (χ1n) is 9.85. The maximum atomic E-state index is 12.5. The topological polar surface area (TPSA) is 52.7 Å². The molecule has 0 saturated carbocycles. The van der Waals surface area contributed by atoms with Gasteiger partial charge in [-0.15, -0.1) is 0 Å². The second kappa shape index (κ2) is 8.91. The van der Waals surface area contributed by atoms with Gasteiger partial charge in [-0.3, -0.25) is 9.59 Å². The van der Waals surface area contributed by atoms with Gasteiger partial charge in [0.2, 0.25) is 11.8 Å². The van der Waals surface area contributed by atoms with Crippen LogP contribution in [0.15, 0.2) is 42.5 Å². The van der Waals surface area contributed by atoms with E-state index >= 15 is 0 Å². The number of aryl methyl sites for hydroxylation is 2. The summed E-state index contributed by atoms with van der Waals surface area (Å²) in [5.74, 6) is -0.314. The molecule has 148 valence electrons. The summed E-state index contributed by atoms with van der Waals surface area (Å²) < 4.78 is 0. The lowest BCUT2D eigenvalue weighted by Crippen LogP contribution is -2.49. The molecule has 0 aliphatic carbocycles. The number of piperazine rings is 1. The Morgan fingerprint density at radius 1 is 0.964 bits per heavy atom. The van der Waals surface area contributed by atoms with Crippen molar-refractivity contribution in [3.05, 3.63) is 64.7 Å². The molecule has 1 fully saturated rings. The van der Waals surface area contributed by atoms with Crippen LogP contribution in [0.5, 0.6) is 0 Å². The molecule has 5 heteroatoms. The monoisotopic (exact) mass is 379 g/mol. The number of hydrogen-bond donors (Lipinski definition) is 1. The van der Waals surface area contributed by atoms with E-state index in [9.17, 15) is 9.59 Å². The van der Waals surface area contributed by atoms with Gasteiger partial charge in [0.15, 0.2) is 0 Å². The molecule has 0 bridgehead atoms. The molecule has 1 heterocycles. The minimum absolute atomic E-state index is 0.0880. The molecule has 28 heavy (non-hydrogen) atoms. The second-order valence-electron chi connectivity index (χ2n) is 7.53. The minimum atomic E-state index is -0.219. The maximum Gasteiger partial charge on any atom is 0.232 e. The predicted molar refractivity (Wildman–Crippen MR) is 112 cm³/mol. The SMILES string of the molecule is Cc1cccc(CNC(=O)CC(=O)N2CCN(c3cccc(C)c3C)CC2)c1. The van der Waals surface area contributed by atoms with E-state index in [1.165, 1.54) is 16.8 Å². The highest BCUT2D eigenvalue weighted by atomic mass is 16.2. The van der Waals surface area contributed by atoms with Crippen LogP contribution in [0, 0.1) is 20.8 Å². The summed E-state index contributed by atoms with van der Waals surface area (Å²) in [6.45, 7) is 9.62. The van der Waals surface area contributed by atoms with E-state index in [0.717, 1.165) is 24.2 Å². The molecule has 1 aliphatic heterocycles. The number of nitrogens with zero attached hydrogens (tertiary/aromatic N) is 2. The molecule has 5 nitrogen and oxygen atoms in total. The molecule has 0 radical (unpaired) electrons. The fourth-order valence-corrected chi connectivity index (χ4v) is 3.61. The van der Waals surface area contributed by atoms with Crippen LogP contribution in [0.2, 0.25) is 0 Å². The van der Waals surface area contributed by atoms with E-state index in [2.05, 4.69) is 42.3 Å². The Labute approximate surface area is 167 Å². The summed E-state index contributed by atoms with van der Waals surface area (Å²) in [6.07, 6.45) is -0.0880. The van der Waals surface area contributed by atoms with Crippen LogP contribution in [-0.2, 0) is 16.1 Å². The highest BCUT2D eigenvalue weighted by Gasteiger charge is 2.23. The number of hydrogen-bond acceptors (Lipinski definition) is 3. The number of benzene rings is 2. The maximum absolute atomic E-state index is 12.5. The third-order valence-corrected chi connectivity index (χ3v) is 5.43. The van der Waals surface area contributed by atoms with E-state index in [0.29, 0.717) is 19.6 Å². The van der Waals surface area contributed by atoms with E-state index in [-0.39, 0.29) is 18.2 Å². The van der Waals surface area contributed by atoms with Gasteiger partial charge in [0.1, 0.15) is 6.42 Å². The van der Waals surface area contributed by atoms with Gasteiger partial charge in [-0.1, -0.05) is 42.0 Å². The zero-order chi connectivity index (χ0) is 20.1. The molecule has 1 N–H and O–H groups in total. The van der Waals surface area contributed by atoms with E-state index in [1.807, 2.05) is 31.2 Å². The normalized spacial score (nSPS) is 14.1. The van der Waals surface area contributed by atoms with Gasteiger partial charge >= 0.3 is 0 Å². The molecule has 2 aromatic rings. The predicted octanol–water partition coefficient (Wildman–Crippen LogP) is 2.97. The Morgan fingerprint density at radius 2 is 1.68 bits per heavy atom. The first-order chi connectivity index (χ1) is 13.4. The highest BCUT2D eigenvalue weighted by Crippen LogP contribution is 2.23. The van der Waals surface area contributed by atoms with Crippen molar-refractivity contribution in [3.8, 4) is 0 Å². The van der Waals surface area contributed by atoms with E-state index < -0.39 is 0 Å². The first kappa shape index (κ1) is 19.9. The van der Waals surface area contributed by atoms with Crippen molar-refractivity contribution < 1.29 is 9.59 Å². The second-order valence-corrected chi connectivity index (χ2v) is 7.53. The summed E-state index contributed by atoms with van der Waals surface area (Å²) >= 11 is 0. The molecule has 1 saturated heterocycles. The molecule has 0 spiro atoms. The number of carbonyl (C=O) groups excluding carboxylic acids is 2. The molecule has 0 atom stereocenters. The first-order valence-corrected chi connectivity index (χ1v) is 9.85. The highest BCUT2D eigenvalue weighted by molar-refractivity contribution is 5.97. The third-order valence-electron chi connectivity index (χ3n) is 5.43. The average Bonchev–Trinajstić information content (AvgIpc) is 2.69. The van der Waals surface area contributed by atoms with Gasteiger partial charge in [-0.05, 0) is 43.5 Å². The van der Waals surface area contributed by atoms with Crippen molar-refractivity contribution in [1.29, 1.82) is 0 Å². The van der Waals surface area contributed by atoms with Crippen molar-refractivity contribution >= 4 is 17.5 Å². The van der Waals surface area contributed by atoms with Gasteiger partial charge in [0, 0.05) is 38.4 Å². The van der Waals surface area contributed by atoms with Crippen LogP contribution >= 0.6 is 0 Å². The molecular formula is C23H29N3O2. The quantitative estimate of drug-likeness (QED) is 0.813. The van der Waals surface area contributed by atoms with Gasteiger partial charge in [-0.2, -0.15) is 0 Å². The van der Waals surface area contributed by atoms with Gasteiger partial charge in [-0.25, -0.2) is 0 Å². The number of carbonyl (C=O) groups is 2. The zero-order valence-electron chi connectivity index (χ0n) is 17.0. The van der Waals surface area contributed by atoms with E-state index in [1.54, 1.807) is 4.90 Å². The lowest BCUT2D eigenvalue weighted by atomic mass is 10.1. The fourth-order valence-electron chi connectivity index (χ4n) is 3.61.